The van der Waals surface area contributed by atoms with Crippen LogP contribution in [-0.4, -0.2) is 53.9 Å². The molecule has 1 heterocycles. The molecule has 1 amide bonds. The summed E-state index contributed by atoms with van der Waals surface area (Å²) in [5, 5.41) is 12.6. The van der Waals surface area contributed by atoms with E-state index in [2.05, 4.69) is 26.9 Å². The van der Waals surface area contributed by atoms with Crippen molar-refractivity contribution in [2.24, 2.45) is 0 Å². The Morgan fingerprint density at radius 1 is 0.949 bits per heavy atom. The topological polar surface area (TPSA) is 151 Å². The molecule has 10 nitrogen and oxygen atoms in total. The molecule has 0 spiro atoms. The summed E-state index contributed by atoms with van der Waals surface area (Å²) in [7, 11) is -7.31. The molecule has 1 fully saturated rings. The Bertz CT molecular complexity index is 1330. The van der Waals surface area contributed by atoms with Crippen LogP contribution >= 0.6 is 11.0 Å². The summed E-state index contributed by atoms with van der Waals surface area (Å²) in [5.74, 6) is -0.431. The minimum Gasteiger partial charge on any atom is -0.375 e. The molecule has 210 valence electrons. The summed E-state index contributed by atoms with van der Waals surface area (Å²) in [6.45, 7) is 0.407. The highest BCUT2D eigenvalue weighted by Gasteiger charge is 2.35. The number of hydrogen-bond acceptors (Lipinski definition) is 8. The average molecular weight is 575 g/mol. The van der Waals surface area contributed by atoms with Crippen LogP contribution in [0.4, 0.5) is 5.69 Å². The minimum atomic E-state index is -3.96. The van der Waals surface area contributed by atoms with Gasteiger partial charge in [-0.05, 0) is 61.1 Å². The van der Waals surface area contributed by atoms with Crippen molar-refractivity contribution in [1.29, 1.82) is 0 Å². The Morgan fingerprint density at radius 2 is 1.59 bits per heavy atom. The van der Waals surface area contributed by atoms with E-state index in [4.69, 9.17) is 0 Å². The van der Waals surface area contributed by atoms with Crippen LogP contribution in [-0.2, 0) is 27.7 Å². The van der Waals surface area contributed by atoms with E-state index in [1.165, 1.54) is 22.0 Å². The third-order valence-corrected chi connectivity index (χ3v) is 9.36. The molecule has 3 aromatic rings. The number of amides is 1. The van der Waals surface area contributed by atoms with Crippen LogP contribution in [0.2, 0.25) is 0 Å². The lowest BCUT2D eigenvalue weighted by molar-refractivity contribution is -0.122. The fraction of sp³-hybridized carbons (Fsp3) is 0.296. The summed E-state index contributed by atoms with van der Waals surface area (Å²) < 4.78 is 52.5. The largest absolute Gasteiger partial charge is 0.375 e. The first kappa shape index (κ1) is 29.0. The summed E-state index contributed by atoms with van der Waals surface area (Å²) in [4.78, 5) is 13.2. The average Bonchev–Trinajstić information content (AvgIpc) is 3.21. The Morgan fingerprint density at radius 3 is 2.21 bits per heavy atom. The van der Waals surface area contributed by atoms with E-state index in [9.17, 15) is 27.4 Å². The molecule has 39 heavy (non-hydrogen) atoms. The van der Waals surface area contributed by atoms with Gasteiger partial charge in [0.05, 0.1) is 17.1 Å². The first-order valence-corrected chi connectivity index (χ1v) is 15.6. The van der Waals surface area contributed by atoms with Crippen LogP contribution in [0.3, 0.4) is 0 Å². The number of aryl methyl sites for hydroxylation is 1. The number of nitrogens with one attached hydrogen (secondary N) is 3. The van der Waals surface area contributed by atoms with Crippen molar-refractivity contribution in [1.82, 2.24) is 14.8 Å². The monoisotopic (exact) mass is 574 g/mol. The van der Waals surface area contributed by atoms with Crippen LogP contribution < -0.4 is 19.1 Å². The van der Waals surface area contributed by atoms with E-state index < -0.39 is 39.2 Å². The SMILES string of the molecule is O=C(NCCCCc1ccccc1)[C@H](Cc1ccc(N2CC(O)NS2(O)O)cc1)NS(=O)(=O)c1ccccc1. The van der Waals surface area contributed by atoms with Crippen molar-refractivity contribution in [3.63, 3.8) is 0 Å². The number of β-amino-alcohol motifs (C(OH)–C–C–N with tert-alkyl or cyclic N) is 1. The molecule has 0 saturated carbocycles. The quantitative estimate of drug-likeness (QED) is 0.181. The van der Waals surface area contributed by atoms with Gasteiger partial charge in [0.1, 0.15) is 12.3 Å². The highest BCUT2D eigenvalue weighted by molar-refractivity contribution is 8.24. The smallest absolute Gasteiger partial charge is 0.241 e. The predicted octanol–water partition coefficient (Wildman–Crippen LogP) is 3.02. The van der Waals surface area contributed by atoms with Gasteiger partial charge in [0.2, 0.25) is 15.9 Å². The lowest BCUT2D eigenvalue weighted by atomic mass is 10.1. The summed E-state index contributed by atoms with van der Waals surface area (Å²) in [5.41, 5.74) is 2.36. The van der Waals surface area contributed by atoms with Crippen LogP contribution in [0.5, 0.6) is 0 Å². The van der Waals surface area contributed by atoms with Gasteiger partial charge < -0.3 is 10.4 Å². The maximum absolute atomic E-state index is 13.1. The molecule has 6 N–H and O–H groups in total. The number of nitrogens with zero attached hydrogens (tertiary/aromatic N) is 1. The number of benzene rings is 3. The molecule has 1 aliphatic rings. The molecular formula is C27H34N4O6S2. The second-order valence-corrected chi connectivity index (χ2v) is 12.7. The molecule has 4 rings (SSSR count). The lowest BCUT2D eigenvalue weighted by Crippen LogP contribution is -2.48. The molecule has 1 unspecified atom stereocenters. The van der Waals surface area contributed by atoms with Crippen LogP contribution in [0.15, 0.2) is 89.8 Å². The van der Waals surface area contributed by atoms with Gasteiger partial charge in [0, 0.05) is 6.54 Å². The van der Waals surface area contributed by atoms with Gasteiger partial charge in [-0.2, -0.15) is 9.44 Å². The van der Waals surface area contributed by atoms with Gasteiger partial charge >= 0.3 is 0 Å². The van der Waals surface area contributed by atoms with E-state index in [0.29, 0.717) is 17.8 Å². The molecular weight excluding hydrogens is 540 g/mol. The number of rotatable bonds is 12. The van der Waals surface area contributed by atoms with Crippen LogP contribution in [0.1, 0.15) is 24.0 Å². The van der Waals surface area contributed by atoms with E-state index in [-0.39, 0.29) is 17.9 Å². The van der Waals surface area contributed by atoms with Crippen LogP contribution in [0, 0.1) is 0 Å². The third-order valence-electron chi connectivity index (χ3n) is 6.31. The van der Waals surface area contributed by atoms with E-state index in [1.807, 2.05) is 18.2 Å². The van der Waals surface area contributed by atoms with Crippen molar-refractivity contribution in [3.05, 3.63) is 96.1 Å². The standard InChI is InChI=1S/C27H34N4O6S2/c32-26-20-31(39(36,37)30-26)23-16-14-22(15-17-23)19-25(29-38(34,35)24-12-5-2-6-13-24)27(33)28-18-8-7-11-21-9-3-1-4-10-21/h1-6,9-10,12-17,25-26,29-30,32,36-37H,7-8,11,18-20H2,(H,28,33)/t25-,26?/m0/s1. The summed E-state index contributed by atoms with van der Waals surface area (Å²) >= 11 is 0. The number of hydrogen-bond donors (Lipinski definition) is 6. The van der Waals surface area contributed by atoms with Crippen molar-refractivity contribution in [3.8, 4) is 0 Å². The molecule has 0 aromatic heterocycles. The fourth-order valence-corrected chi connectivity index (χ4v) is 6.86. The highest BCUT2D eigenvalue weighted by Crippen LogP contribution is 2.46. The second-order valence-electron chi connectivity index (χ2n) is 9.30. The van der Waals surface area contributed by atoms with Gasteiger partial charge in [-0.15, -0.1) is 0 Å². The number of carbonyl (C=O) groups excluding carboxylic acids is 1. The summed E-state index contributed by atoms with van der Waals surface area (Å²) in [6, 6.07) is 23.5. The van der Waals surface area contributed by atoms with Gasteiger partial charge in [-0.3, -0.25) is 18.2 Å². The van der Waals surface area contributed by atoms with Gasteiger partial charge in [-0.1, -0.05) is 71.6 Å². The second kappa shape index (κ2) is 12.9. The van der Waals surface area contributed by atoms with Crippen molar-refractivity contribution in [2.75, 3.05) is 17.4 Å². The molecule has 1 saturated heterocycles. The molecule has 12 heteroatoms. The molecule has 0 bridgehead atoms. The first-order chi connectivity index (χ1) is 18.6. The Balaban J connectivity index is 1.42. The summed E-state index contributed by atoms with van der Waals surface area (Å²) in [6.07, 6.45) is 1.52. The Hall–Kier alpha value is -2.97. The molecule has 2 atom stereocenters. The molecule has 0 radical (unpaired) electrons. The lowest BCUT2D eigenvalue weighted by Gasteiger charge is -2.36. The molecule has 3 aromatic carbocycles. The zero-order valence-corrected chi connectivity index (χ0v) is 22.9. The van der Waals surface area contributed by atoms with E-state index in [1.54, 1.807) is 42.5 Å². The number of aliphatic hydroxyl groups is 1. The number of sulfonamides is 1. The van der Waals surface area contributed by atoms with Gasteiger partial charge in [-0.25, -0.2) is 8.42 Å². The third kappa shape index (κ3) is 8.02. The van der Waals surface area contributed by atoms with Gasteiger partial charge in [0.15, 0.2) is 0 Å². The Kier molecular flexibility index (Phi) is 9.62. The van der Waals surface area contributed by atoms with Crippen LogP contribution in [0.25, 0.3) is 0 Å². The number of aliphatic hydroxyl groups excluding tert-OH is 1. The zero-order valence-electron chi connectivity index (χ0n) is 21.3. The van der Waals surface area contributed by atoms with Crippen molar-refractivity contribution >= 4 is 32.6 Å². The maximum atomic E-state index is 13.1. The molecule has 1 aliphatic heterocycles. The highest BCUT2D eigenvalue weighted by atomic mass is 32.3. The minimum absolute atomic E-state index is 0.00609. The number of anilines is 1. The van der Waals surface area contributed by atoms with Crippen molar-refractivity contribution in [2.45, 2.75) is 42.8 Å². The first-order valence-electron chi connectivity index (χ1n) is 12.6. The van der Waals surface area contributed by atoms with Crippen molar-refractivity contribution < 1.29 is 27.4 Å². The maximum Gasteiger partial charge on any atom is 0.241 e. The predicted molar refractivity (Wildman–Crippen MR) is 152 cm³/mol. The number of carbonyl (C=O) groups is 1. The fourth-order valence-electron chi connectivity index (χ4n) is 4.31. The number of unbranched alkanes of at least 4 members (excludes halogenated alkanes) is 1. The van der Waals surface area contributed by atoms with E-state index >= 15 is 0 Å². The van der Waals surface area contributed by atoms with E-state index in [0.717, 1.165) is 19.3 Å². The molecule has 0 aliphatic carbocycles. The van der Waals surface area contributed by atoms with Gasteiger partial charge in [0.25, 0.3) is 0 Å². The zero-order chi connectivity index (χ0) is 27.9. The Labute approximate surface area is 230 Å². The normalized spacial score (nSPS) is 18.4.